The number of piperidine rings is 1. The first-order chi connectivity index (χ1) is 7.81. The third-order valence-corrected chi connectivity index (χ3v) is 4.16. The van der Waals surface area contributed by atoms with Gasteiger partial charge in [-0.05, 0) is 44.7 Å². The lowest BCUT2D eigenvalue weighted by atomic mass is 9.99. The molecule has 2 aliphatic heterocycles. The molecule has 1 N–H and O–H groups in total. The Kier molecular flexibility index (Phi) is 4.62. The average molecular weight is 226 g/mol. The summed E-state index contributed by atoms with van der Waals surface area (Å²) < 4.78 is 5.58. The predicted octanol–water partition coefficient (Wildman–Crippen LogP) is 1.34. The van der Waals surface area contributed by atoms with Gasteiger partial charge in [0.25, 0.3) is 0 Å². The van der Waals surface area contributed by atoms with Crippen LogP contribution in [0.5, 0.6) is 0 Å². The van der Waals surface area contributed by atoms with Gasteiger partial charge >= 0.3 is 0 Å². The molecule has 0 radical (unpaired) electrons. The van der Waals surface area contributed by atoms with Gasteiger partial charge in [-0.3, -0.25) is 4.90 Å². The zero-order valence-electron chi connectivity index (χ0n) is 10.7. The first kappa shape index (κ1) is 12.3. The molecule has 0 aromatic carbocycles. The molecule has 0 bridgehead atoms. The Morgan fingerprint density at radius 3 is 2.69 bits per heavy atom. The minimum atomic E-state index is 0.759. The molecular weight excluding hydrogens is 200 g/mol. The number of rotatable bonds is 4. The third kappa shape index (κ3) is 2.96. The van der Waals surface area contributed by atoms with E-state index in [1.165, 1.54) is 39.0 Å². The van der Waals surface area contributed by atoms with Crippen LogP contribution in [0, 0.1) is 11.8 Å². The summed E-state index contributed by atoms with van der Waals surface area (Å²) in [5, 5.41) is 3.44. The summed E-state index contributed by atoms with van der Waals surface area (Å²) in [7, 11) is 0. The van der Waals surface area contributed by atoms with Gasteiger partial charge in [0.05, 0.1) is 6.61 Å². The van der Waals surface area contributed by atoms with Crippen LogP contribution in [0.1, 0.15) is 26.7 Å². The zero-order chi connectivity index (χ0) is 11.4. The average Bonchev–Trinajstić information content (AvgIpc) is 2.69. The van der Waals surface area contributed by atoms with E-state index in [1.54, 1.807) is 0 Å². The Hall–Kier alpha value is -0.120. The summed E-state index contributed by atoms with van der Waals surface area (Å²) in [6.45, 7) is 11.2. The SMILES string of the molecule is CCOC[C@H]1CN(C2CCNCC2)C[C@@H]1C. The maximum Gasteiger partial charge on any atom is 0.0509 e. The maximum atomic E-state index is 5.58. The zero-order valence-corrected chi connectivity index (χ0v) is 10.7. The van der Waals surface area contributed by atoms with Crippen LogP contribution in [0.3, 0.4) is 0 Å². The van der Waals surface area contributed by atoms with E-state index < -0.39 is 0 Å². The Bertz CT molecular complexity index is 204. The van der Waals surface area contributed by atoms with E-state index in [1.807, 2.05) is 0 Å². The minimum Gasteiger partial charge on any atom is -0.381 e. The third-order valence-electron chi connectivity index (χ3n) is 4.16. The lowest BCUT2D eigenvalue weighted by Gasteiger charge is -2.31. The van der Waals surface area contributed by atoms with Crippen molar-refractivity contribution in [1.29, 1.82) is 0 Å². The lowest BCUT2D eigenvalue weighted by Crippen LogP contribution is -2.42. The van der Waals surface area contributed by atoms with Gasteiger partial charge in [0.15, 0.2) is 0 Å². The number of hydrogen-bond acceptors (Lipinski definition) is 3. The summed E-state index contributed by atoms with van der Waals surface area (Å²) in [6.07, 6.45) is 2.65. The molecule has 2 fully saturated rings. The number of likely N-dealkylation sites (tertiary alicyclic amines) is 1. The van der Waals surface area contributed by atoms with Gasteiger partial charge in [0, 0.05) is 25.7 Å². The molecule has 2 rings (SSSR count). The van der Waals surface area contributed by atoms with Crippen molar-refractivity contribution in [3.05, 3.63) is 0 Å². The van der Waals surface area contributed by atoms with E-state index >= 15 is 0 Å². The van der Waals surface area contributed by atoms with E-state index in [0.29, 0.717) is 0 Å². The molecule has 94 valence electrons. The van der Waals surface area contributed by atoms with Crippen molar-refractivity contribution in [3.63, 3.8) is 0 Å². The molecule has 3 heteroatoms. The van der Waals surface area contributed by atoms with Crippen molar-refractivity contribution in [2.45, 2.75) is 32.7 Å². The molecule has 2 atom stereocenters. The first-order valence-corrected chi connectivity index (χ1v) is 6.83. The van der Waals surface area contributed by atoms with Crippen molar-refractivity contribution in [3.8, 4) is 0 Å². The van der Waals surface area contributed by atoms with Gasteiger partial charge in [-0.1, -0.05) is 6.92 Å². The van der Waals surface area contributed by atoms with E-state index in [-0.39, 0.29) is 0 Å². The van der Waals surface area contributed by atoms with Crippen LogP contribution in [0.4, 0.5) is 0 Å². The molecule has 2 aliphatic rings. The van der Waals surface area contributed by atoms with E-state index in [2.05, 4.69) is 24.1 Å². The highest BCUT2D eigenvalue weighted by atomic mass is 16.5. The molecule has 2 heterocycles. The fraction of sp³-hybridized carbons (Fsp3) is 1.00. The Labute approximate surface area is 99.5 Å². The molecule has 0 aromatic heterocycles. The fourth-order valence-electron chi connectivity index (χ4n) is 3.03. The largest absolute Gasteiger partial charge is 0.381 e. The van der Waals surface area contributed by atoms with Gasteiger partial charge in [-0.25, -0.2) is 0 Å². The number of ether oxygens (including phenoxy) is 1. The van der Waals surface area contributed by atoms with Gasteiger partial charge in [0.1, 0.15) is 0 Å². The Morgan fingerprint density at radius 1 is 1.25 bits per heavy atom. The molecule has 3 nitrogen and oxygen atoms in total. The highest BCUT2D eigenvalue weighted by Crippen LogP contribution is 2.27. The standard InChI is InChI=1S/C13H26N2O/c1-3-16-10-12-9-15(8-11(12)2)13-4-6-14-7-5-13/h11-14H,3-10H2,1-2H3/t11-,12+/m0/s1. The summed E-state index contributed by atoms with van der Waals surface area (Å²) in [5.41, 5.74) is 0. The maximum absolute atomic E-state index is 5.58. The van der Waals surface area contributed by atoms with Gasteiger partial charge < -0.3 is 10.1 Å². The molecule has 0 unspecified atom stereocenters. The van der Waals surface area contributed by atoms with Crippen LogP contribution >= 0.6 is 0 Å². The molecular formula is C13H26N2O. The van der Waals surface area contributed by atoms with Crippen LogP contribution < -0.4 is 5.32 Å². The first-order valence-electron chi connectivity index (χ1n) is 6.83. The van der Waals surface area contributed by atoms with Gasteiger partial charge in [-0.2, -0.15) is 0 Å². The quantitative estimate of drug-likeness (QED) is 0.783. The fourth-order valence-corrected chi connectivity index (χ4v) is 3.03. The van der Waals surface area contributed by atoms with Crippen LogP contribution in [0.2, 0.25) is 0 Å². The second-order valence-corrected chi connectivity index (χ2v) is 5.33. The minimum absolute atomic E-state index is 0.759. The van der Waals surface area contributed by atoms with Crippen molar-refractivity contribution < 1.29 is 4.74 Å². The Balaban J connectivity index is 1.80. The Morgan fingerprint density at radius 2 is 2.00 bits per heavy atom. The second-order valence-electron chi connectivity index (χ2n) is 5.33. The van der Waals surface area contributed by atoms with Crippen molar-refractivity contribution >= 4 is 0 Å². The van der Waals surface area contributed by atoms with Gasteiger partial charge in [0.2, 0.25) is 0 Å². The van der Waals surface area contributed by atoms with E-state index in [9.17, 15) is 0 Å². The van der Waals surface area contributed by atoms with Crippen LogP contribution in [-0.2, 0) is 4.74 Å². The molecule has 0 aromatic rings. The number of hydrogen-bond donors (Lipinski definition) is 1. The monoisotopic (exact) mass is 226 g/mol. The highest BCUT2D eigenvalue weighted by Gasteiger charge is 2.33. The van der Waals surface area contributed by atoms with Crippen LogP contribution in [-0.4, -0.2) is 50.3 Å². The number of nitrogens with one attached hydrogen (secondary N) is 1. The van der Waals surface area contributed by atoms with Crippen LogP contribution in [0.25, 0.3) is 0 Å². The van der Waals surface area contributed by atoms with Gasteiger partial charge in [-0.15, -0.1) is 0 Å². The topological polar surface area (TPSA) is 24.5 Å². The molecule has 0 aliphatic carbocycles. The summed E-state index contributed by atoms with van der Waals surface area (Å²) in [4.78, 5) is 2.70. The molecule has 2 saturated heterocycles. The summed E-state index contributed by atoms with van der Waals surface area (Å²) in [5.74, 6) is 1.57. The summed E-state index contributed by atoms with van der Waals surface area (Å²) >= 11 is 0. The molecule has 0 saturated carbocycles. The molecule has 0 amide bonds. The normalized spacial score (nSPS) is 33.4. The van der Waals surface area contributed by atoms with E-state index in [0.717, 1.165) is 31.1 Å². The highest BCUT2D eigenvalue weighted by molar-refractivity contribution is 4.87. The number of nitrogens with zero attached hydrogens (tertiary/aromatic N) is 1. The van der Waals surface area contributed by atoms with E-state index in [4.69, 9.17) is 4.74 Å². The predicted molar refractivity (Wildman–Crippen MR) is 66.6 cm³/mol. The van der Waals surface area contributed by atoms with Crippen LogP contribution in [0.15, 0.2) is 0 Å². The summed E-state index contributed by atoms with van der Waals surface area (Å²) in [6, 6.07) is 0.829. The smallest absolute Gasteiger partial charge is 0.0509 e. The second kappa shape index (κ2) is 5.99. The van der Waals surface area contributed by atoms with Crippen molar-refractivity contribution in [2.75, 3.05) is 39.4 Å². The molecule has 16 heavy (non-hydrogen) atoms. The van der Waals surface area contributed by atoms with Crippen molar-refractivity contribution in [2.24, 2.45) is 11.8 Å². The molecule has 0 spiro atoms. The lowest BCUT2D eigenvalue weighted by molar-refractivity contribution is 0.0983. The van der Waals surface area contributed by atoms with Crippen molar-refractivity contribution in [1.82, 2.24) is 10.2 Å².